The summed E-state index contributed by atoms with van der Waals surface area (Å²) >= 11 is 0. The minimum Gasteiger partial charge on any atom is -0.378 e. The third kappa shape index (κ3) is 6.49. The fraction of sp³-hybridized carbons (Fsp3) is 0.182. The van der Waals surface area contributed by atoms with Gasteiger partial charge in [-0.3, -0.25) is 9.78 Å². The highest BCUT2D eigenvalue weighted by Crippen LogP contribution is 2.31. The van der Waals surface area contributed by atoms with Crippen molar-refractivity contribution < 1.29 is 18.7 Å². The molecule has 2 N–H and O–H groups in total. The fourth-order valence-electron chi connectivity index (χ4n) is 4.98. The van der Waals surface area contributed by atoms with Crippen LogP contribution in [0.4, 0.5) is 26.4 Å². The monoisotopic (exact) mass is 576 g/mol. The zero-order chi connectivity index (χ0) is 29.8. The predicted octanol–water partition coefficient (Wildman–Crippen LogP) is 6.11. The second kappa shape index (κ2) is 12.3. The summed E-state index contributed by atoms with van der Waals surface area (Å²) in [4.78, 5) is 40.5. The number of nitrogens with one attached hydrogen (secondary N) is 2. The first-order valence-corrected chi connectivity index (χ1v) is 14.0. The smallest absolute Gasteiger partial charge is 0.323 e. The zero-order valence-corrected chi connectivity index (χ0v) is 23.5. The SMILES string of the molecule is CC(=O)Cc1ccc(NC(=O)Nc2ccc(-c3nc(N4CCOCC4)c4ccc(-c5ccccn5)cc4n3)cc2)cc1F. The molecule has 43 heavy (non-hydrogen) atoms. The fourth-order valence-corrected chi connectivity index (χ4v) is 4.98. The number of urea groups is 1. The number of carbonyl (C=O) groups is 2. The molecule has 0 saturated carbocycles. The van der Waals surface area contributed by atoms with Gasteiger partial charge in [0.2, 0.25) is 0 Å². The van der Waals surface area contributed by atoms with Crippen molar-refractivity contribution in [3.63, 3.8) is 0 Å². The Bertz CT molecular complexity index is 1790. The van der Waals surface area contributed by atoms with Crippen LogP contribution in [0.3, 0.4) is 0 Å². The van der Waals surface area contributed by atoms with E-state index in [-0.39, 0.29) is 23.5 Å². The molecule has 1 saturated heterocycles. The number of benzene rings is 3. The quantitative estimate of drug-likeness (QED) is 0.241. The molecule has 0 atom stereocenters. The van der Waals surface area contributed by atoms with E-state index < -0.39 is 11.8 Å². The van der Waals surface area contributed by atoms with Crippen LogP contribution in [0.25, 0.3) is 33.5 Å². The van der Waals surface area contributed by atoms with Crippen molar-refractivity contribution in [3.8, 4) is 22.6 Å². The van der Waals surface area contributed by atoms with E-state index in [4.69, 9.17) is 14.7 Å². The van der Waals surface area contributed by atoms with Crippen molar-refractivity contribution in [2.75, 3.05) is 41.8 Å². The maximum Gasteiger partial charge on any atom is 0.323 e. The number of nitrogens with zero attached hydrogens (tertiary/aromatic N) is 4. The van der Waals surface area contributed by atoms with Crippen LogP contribution in [-0.4, -0.2) is 53.1 Å². The van der Waals surface area contributed by atoms with Gasteiger partial charge in [-0.1, -0.05) is 18.2 Å². The summed E-state index contributed by atoms with van der Waals surface area (Å²) in [7, 11) is 0. The molecule has 0 spiro atoms. The third-order valence-electron chi connectivity index (χ3n) is 7.10. The average Bonchev–Trinajstić information content (AvgIpc) is 3.02. The summed E-state index contributed by atoms with van der Waals surface area (Å²) in [6, 6.07) is 22.9. The Hall–Kier alpha value is -5.22. The van der Waals surface area contributed by atoms with E-state index in [1.165, 1.54) is 19.1 Å². The summed E-state index contributed by atoms with van der Waals surface area (Å²) in [6.45, 7) is 4.12. The molecule has 10 heteroatoms. The lowest BCUT2D eigenvalue weighted by Crippen LogP contribution is -2.37. The molecule has 1 fully saturated rings. The summed E-state index contributed by atoms with van der Waals surface area (Å²) in [5.41, 5.74) is 4.53. The Balaban J connectivity index is 1.24. The Labute approximate surface area is 247 Å². The molecule has 0 aliphatic carbocycles. The van der Waals surface area contributed by atoms with E-state index in [9.17, 15) is 14.0 Å². The summed E-state index contributed by atoms with van der Waals surface area (Å²) in [5, 5.41) is 6.33. The third-order valence-corrected chi connectivity index (χ3v) is 7.10. The average molecular weight is 577 g/mol. The lowest BCUT2D eigenvalue weighted by Gasteiger charge is -2.29. The minimum atomic E-state index is -0.545. The number of amides is 2. The van der Waals surface area contributed by atoms with Crippen molar-refractivity contribution >= 4 is 39.9 Å². The number of carbonyl (C=O) groups excluding carboxylic acids is 2. The van der Waals surface area contributed by atoms with E-state index in [1.807, 2.05) is 48.5 Å². The standard InChI is InChI=1S/C33H29FN6O3/c1-21(41)18-23-7-11-26(20-28(23)34)37-33(42)36-25-9-5-22(6-10-25)31-38-30-19-24(29-4-2-3-13-35-29)8-12-27(30)32(39-31)40-14-16-43-17-15-40/h2-13,19-20H,14-18H2,1H3,(H2,36,37,42). The van der Waals surface area contributed by atoms with Gasteiger partial charge in [-0.15, -0.1) is 0 Å². The van der Waals surface area contributed by atoms with Crippen molar-refractivity contribution in [3.05, 3.63) is 96.4 Å². The number of morpholine rings is 1. The number of aromatic nitrogens is 3. The molecule has 0 bridgehead atoms. The van der Waals surface area contributed by atoms with Gasteiger partial charge in [0.05, 0.1) is 24.4 Å². The van der Waals surface area contributed by atoms with Crippen LogP contribution in [0.15, 0.2) is 85.1 Å². The van der Waals surface area contributed by atoms with Crippen molar-refractivity contribution in [1.29, 1.82) is 0 Å². The molecule has 3 heterocycles. The maximum absolute atomic E-state index is 14.3. The van der Waals surface area contributed by atoms with Crippen LogP contribution in [0, 0.1) is 5.82 Å². The number of Topliss-reactive ketones (excluding diaryl/α,β-unsaturated/α-hetero) is 1. The van der Waals surface area contributed by atoms with Crippen LogP contribution in [0.2, 0.25) is 0 Å². The Morgan fingerprint density at radius 1 is 0.884 bits per heavy atom. The van der Waals surface area contributed by atoms with Crippen molar-refractivity contribution in [2.45, 2.75) is 13.3 Å². The van der Waals surface area contributed by atoms with E-state index in [0.29, 0.717) is 24.7 Å². The van der Waals surface area contributed by atoms with Gasteiger partial charge < -0.3 is 20.3 Å². The number of halogens is 1. The Morgan fingerprint density at radius 2 is 1.63 bits per heavy atom. The van der Waals surface area contributed by atoms with Gasteiger partial charge in [0.1, 0.15) is 17.4 Å². The zero-order valence-electron chi connectivity index (χ0n) is 23.5. The first kappa shape index (κ1) is 27.9. The van der Waals surface area contributed by atoms with Gasteiger partial charge in [-0.2, -0.15) is 0 Å². The van der Waals surface area contributed by atoms with E-state index >= 15 is 0 Å². The molecule has 0 unspecified atom stereocenters. The molecular weight excluding hydrogens is 547 g/mol. The number of anilines is 3. The van der Waals surface area contributed by atoms with Gasteiger partial charge in [0, 0.05) is 53.6 Å². The van der Waals surface area contributed by atoms with Crippen molar-refractivity contribution in [1.82, 2.24) is 15.0 Å². The predicted molar refractivity (Wildman–Crippen MR) is 165 cm³/mol. The number of pyridine rings is 1. The Morgan fingerprint density at radius 3 is 2.35 bits per heavy atom. The lowest BCUT2D eigenvalue weighted by molar-refractivity contribution is -0.116. The molecular formula is C33H29FN6O3. The molecule has 3 aromatic carbocycles. The normalized spacial score (nSPS) is 13.1. The number of ether oxygens (including phenoxy) is 1. The van der Waals surface area contributed by atoms with Crippen LogP contribution in [-0.2, 0) is 16.0 Å². The van der Waals surface area contributed by atoms with E-state index in [0.717, 1.165) is 46.6 Å². The van der Waals surface area contributed by atoms with E-state index in [2.05, 4.69) is 20.5 Å². The number of hydrogen-bond donors (Lipinski definition) is 2. The molecule has 216 valence electrons. The maximum atomic E-state index is 14.3. The van der Waals surface area contributed by atoms with Gasteiger partial charge in [-0.05, 0) is 73.2 Å². The van der Waals surface area contributed by atoms with Crippen LogP contribution in [0.1, 0.15) is 12.5 Å². The molecule has 2 aromatic heterocycles. The summed E-state index contributed by atoms with van der Waals surface area (Å²) < 4.78 is 19.9. The second-order valence-electron chi connectivity index (χ2n) is 10.3. The lowest BCUT2D eigenvalue weighted by atomic mass is 10.1. The summed E-state index contributed by atoms with van der Waals surface area (Å²) in [5.74, 6) is 0.723. The number of fused-ring (bicyclic) bond motifs is 1. The van der Waals surface area contributed by atoms with Crippen molar-refractivity contribution in [2.24, 2.45) is 0 Å². The minimum absolute atomic E-state index is 0.00488. The molecule has 2 amide bonds. The first-order chi connectivity index (χ1) is 20.9. The molecule has 9 nitrogen and oxygen atoms in total. The number of ketones is 1. The van der Waals surface area contributed by atoms with Crippen LogP contribution < -0.4 is 15.5 Å². The highest BCUT2D eigenvalue weighted by molar-refractivity contribution is 6.00. The second-order valence-corrected chi connectivity index (χ2v) is 10.3. The summed E-state index contributed by atoms with van der Waals surface area (Å²) in [6.07, 6.45) is 1.77. The topological polar surface area (TPSA) is 109 Å². The molecule has 0 radical (unpaired) electrons. The highest BCUT2D eigenvalue weighted by atomic mass is 19.1. The van der Waals surface area contributed by atoms with Crippen LogP contribution >= 0.6 is 0 Å². The van der Waals surface area contributed by atoms with Gasteiger partial charge >= 0.3 is 6.03 Å². The van der Waals surface area contributed by atoms with Gasteiger partial charge in [-0.25, -0.2) is 19.2 Å². The highest BCUT2D eigenvalue weighted by Gasteiger charge is 2.19. The first-order valence-electron chi connectivity index (χ1n) is 14.0. The Kier molecular flexibility index (Phi) is 8.01. The molecule has 6 rings (SSSR count). The molecule has 1 aliphatic heterocycles. The largest absolute Gasteiger partial charge is 0.378 e. The van der Waals surface area contributed by atoms with Gasteiger partial charge in [0.25, 0.3) is 0 Å². The van der Waals surface area contributed by atoms with Crippen LogP contribution in [0.5, 0.6) is 0 Å². The number of rotatable bonds is 7. The number of hydrogen-bond acceptors (Lipinski definition) is 7. The van der Waals surface area contributed by atoms with E-state index in [1.54, 1.807) is 24.4 Å². The molecule has 1 aliphatic rings. The molecule has 5 aromatic rings. The van der Waals surface area contributed by atoms with Gasteiger partial charge in [0.15, 0.2) is 5.82 Å².